The number of carbonyl (C=O) groups is 5. The Bertz CT molecular complexity index is 6650. The number of hydrogen-bond acceptors (Lipinski definition) is 37. The highest BCUT2D eigenvalue weighted by Crippen LogP contribution is 2.44. The number of nitrogens with two attached hydrogens (primary N) is 5. The molecule has 37 nitrogen and oxygen atoms in total. The molecule has 6 aliphatic rings. The van der Waals surface area contributed by atoms with Gasteiger partial charge in [0.15, 0.2) is 28.9 Å². The zero-order valence-corrected chi connectivity index (χ0v) is 84.5. The standard InChI is InChI=1S/C23H24ClN5O2.C20H25ClN6O3.C19H22ClN5O2.C19H20ClN5O2.C17H20ClN5O2/c1-13-10-26-17(14(2)20(13)31-3)12-29-11-16(9-15-7-5-4-6-8-15)19(30)18-21(24)27-23(25)28-22(18)29;1-11-8-23-13(12(2)17(11)29-3)9-27-10-14(26-4-6-30-7-5-26)16(28)15-18(21)24-20(22)25-19(15)27;2*1-5-6-12-8-25(9-13-11(3)16(27-4)10(2)7-22-13)18-14(15(12)26)17(20)23-19(21)24-18;1-8-5-20-11(10(3)14(8)25-4)7-23-6-9(2)13(24)12-15(18)21-17(19)22-16(12)23/h4-8,10,16H,9,11-12H2,1-3H3,(H2,25,27,28);8,14H,4-7,9-10H2,1-3H3,(H2,22,24,25);5,7,12H,1,6,8-9H2,2-4H3,(H2,21,23,24);1,7,12H,6,8-9H2,2-4H3,(H2,21,23,24);5,9H,6-7H2,1-4H3,(H2,19,21,22). The highest BCUT2D eigenvalue weighted by atomic mass is 35.5. The van der Waals surface area contributed by atoms with Crippen LogP contribution in [0.3, 0.4) is 0 Å². The predicted octanol–water partition coefficient (Wildman–Crippen LogP) is 13.7. The van der Waals surface area contributed by atoms with Crippen LogP contribution in [0.1, 0.15) is 161 Å². The molecule has 0 bridgehead atoms. The van der Waals surface area contributed by atoms with Gasteiger partial charge in [-0.3, -0.25) is 53.8 Å². The molecule has 5 atom stereocenters. The fourth-order valence-corrected chi connectivity index (χ4v) is 19.6. The van der Waals surface area contributed by atoms with Gasteiger partial charge in [0, 0.05) is 157 Å². The number of aromatic nitrogens is 15. The number of hydrogen-bond donors (Lipinski definition) is 5. The molecule has 0 amide bonds. The Labute approximate surface area is 836 Å². The van der Waals surface area contributed by atoms with Gasteiger partial charge in [-0.1, -0.05) is 101 Å². The summed E-state index contributed by atoms with van der Waals surface area (Å²) >= 11 is 31.3. The zero-order valence-electron chi connectivity index (χ0n) is 80.7. The lowest BCUT2D eigenvalue weighted by Crippen LogP contribution is -2.55. The Balaban J connectivity index is 0.000000148. The fourth-order valence-electron chi connectivity index (χ4n) is 18.3. The Morgan fingerprint density at radius 1 is 0.400 bits per heavy atom. The predicted molar refractivity (Wildman–Crippen MR) is 540 cm³/mol. The summed E-state index contributed by atoms with van der Waals surface area (Å²) in [5.74, 6) is 7.32. The van der Waals surface area contributed by atoms with E-state index in [1.165, 1.54) is 0 Å². The largest absolute Gasteiger partial charge is 0.496 e. The van der Waals surface area contributed by atoms with Crippen LogP contribution < -0.4 is 76.9 Å². The lowest BCUT2D eigenvalue weighted by Gasteiger charge is -2.40. The molecular formula is C98H111Cl5N26O11. The molecule has 140 heavy (non-hydrogen) atoms. The van der Waals surface area contributed by atoms with E-state index in [2.05, 4.69) is 92.2 Å². The maximum atomic E-state index is 13.3. The third-order valence-electron chi connectivity index (χ3n) is 25.2. The van der Waals surface area contributed by atoms with Gasteiger partial charge in [0.2, 0.25) is 29.7 Å². The van der Waals surface area contributed by atoms with Crippen LogP contribution in [0.5, 0.6) is 28.7 Å². The third-order valence-corrected chi connectivity index (χ3v) is 26.6. The molecule has 0 saturated carbocycles. The van der Waals surface area contributed by atoms with Gasteiger partial charge < -0.3 is 81.6 Å². The van der Waals surface area contributed by atoms with Crippen molar-refractivity contribution in [3.8, 4) is 41.1 Å². The number of fused-ring (bicyclic) bond motifs is 5. The molecular weight excluding hydrogens is 1890 g/mol. The summed E-state index contributed by atoms with van der Waals surface area (Å²) in [5, 5.41) is 0.376. The maximum Gasteiger partial charge on any atom is 0.223 e. The SMILES string of the molecule is C#CCC1CN(Cc2ncc(C)c(OC)c2C)c2nc(N)nc(Cl)c2C1=O.C=CCC1CN(Cc2ncc(C)c(OC)c2C)c2nc(N)nc(Cl)c2C1=O.COc1c(C)cnc(CN2CC(C)C(=O)c3c(Cl)nc(N)nc32)c1C.COc1c(C)cnc(CN2CC(Cc3ccccc3)C(=O)c3c(Cl)nc(N)nc32)c1C.COc1c(C)cnc(CN2CC(N3CCOCC3)C(=O)c3c(Cl)nc(N)nc32)c1C. The van der Waals surface area contributed by atoms with Crippen LogP contribution in [-0.4, -0.2) is 209 Å². The van der Waals surface area contributed by atoms with Gasteiger partial charge in [0.25, 0.3) is 0 Å². The quantitative estimate of drug-likeness (QED) is 0.0253. The van der Waals surface area contributed by atoms with E-state index >= 15 is 0 Å². The number of benzene rings is 1. The molecule has 5 unspecified atom stereocenters. The van der Waals surface area contributed by atoms with E-state index in [1.807, 2.05) is 131 Å². The second-order valence-corrected chi connectivity index (χ2v) is 36.4. The Morgan fingerprint density at radius 3 is 0.993 bits per heavy atom. The molecule has 1 aromatic carbocycles. The van der Waals surface area contributed by atoms with E-state index in [-0.39, 0.29) is 120 Å². The molecule has 11 aromatic rings. The average molecular weight is 2010 g/mol. The van der Waals surface area contributed by atoms with Gasteiger partial charge in [-0.2, -0.15) is 24.9 Å². The first-order valence-corrected chi connectivity index (χ1v) is 46.7. The summed E-state index contributed by atoms with van der Waals surface area (Å²) in [6.45, 7) is 32.3. The summed E-state index contributed by atoms with van der Waals surface area (Å²) in [4.78, 5) is 141. The summed E-state index contributed by atoms with van der Waals surface area (Å²) in [7, 11) is 8.21. The van der Waals surface area contributed by atoms with Crippen molar-refractivity contribution in [2.75, 3.05) is 148 Å². The van der Waals surface area contributed by atoms with Crippen molar-refractivity contribution in [1.82, 2.24) is 79.7 Å². The maximum absolute atomic E-state index is 13.3. The van der Waals surface area contributed by atoms with Crippen LogP contribution in [0.25, 0.3) is 0 Å². The van der Waals surface area contributed by atoms with Gasteiger partial charge in [-0.25, -0.2) is 24.9 Å². The highest BCUT2D eigenvalue weighted by molar-refractivity contribution is 6.36. The number of nitrogen functional groups attached to an aromatic ring is 5. The number of allylic oxidation sites excluding steroid dienone is 1. The molecule has 1 fully saturated rings. The second-order valence-electron chi connectivity index (χ2n) is 34.6. The lowest BCUT2D eigenvalue weighted by molar-refractivity contribution is 0.0180. The van der Waals surface area contributed by atoms with Gasteiger partial charge in [-0.15, -0.1) is 18.9 Å². The number of aryl methyl sites for hydroxylation is 5. The normalized spacial score (nSPS) is 16.9. The number of rotatable bonds is 21. The number of carbonyl (C=O) groups excluding carboxylic acids is 5. The van der Waals surface area contributed by atoms with Crippen molar-refractivity contribution in [2.45, 2.75) is 134 Å². The monoisotopic (exact) mass is 2000 g/mol. The van der Waals surface area contributed by atoms with Crippen LogP contribution in [-0.2, 0) is 43.9 Å². The van der Waals surface area contributed by atoms with Crippen LogP contribution in [0.2, 0.25) is 25.8 Å². The van der Waals surface area contributed by atoms with E-state index in [0.717, 1.165) is 118 Å². The van der Waals surface area contributed by atoms with Crippen molar-refractivity contribution < 1.29 is 52.4 Å². The Morgan fingerprint density at radius 2 is 0.679 bits per heavy atom. The van der Waals surface area contributed by atoms with E-state index in [9.17, 15) is 24.0 Å². The first-order chi connectivity index (χ1) is 66.8. The van der Waals surface area contributed by atoms with Crippen LogP contribution >= 0.6 is 58.0 Å². The van der Waals surface area contributed by atoms with Crippen molar-refractivity contribution in [3.63, 3.8) is 0 Å². The zero-order chi connectivity index (χ0) is 101. The molecule has 6 aliphatic heterocycles. The minimum Gasteiger partial charge on any atom is -0.496 e. The Kier molecular flexibility index (Phi) is 33.4. The van der Waals surface area contributed by atoms with Crippen molar-refractivity contribution in [2.24, 2.45) is 23.7 Å². The van der Waals surface area contributed by atoms with Crippen LogP contribution in [0.4, 0.5) is 58.8 Å². The summed E-state index contributed by atoms with van der Waals surface area (Å²) in [5.41, 5.74) is 45.3. The van der Waals surface area contributed by atoms with Gasteiger partial charge >= 0.3 is 0 Å². The molecule has 10 aromatic heterocycles. The summed E-state index contributed by atoms with van der Waals surface area (Å²) < 4.78 is 33.0. The van der Waals surface area contributed by atoms with E-state index in [1.54, 1.807) is 72.6 Å². The lowest BCUT2D eigenvalue weighted by atomic mass is 9.88. The average Bonchev–Trinajstić information content (AvgIpc) is 0.768. The molecule has 17 rings (SSSR count). The number of Topliss-reactive ketones (excluding diaryl/α,β-unsaturated/α-hetero) is 5. The molecule has 0 spiro atoms. The van der Waals surface area contributed by atoms with E-state index in [4.69, 9.17) is 122 Å². The number of terminal acetylenes is 1. The molecule has 0 aliphatic carbocycles. The van der Waals surface area contributed by atoms with E-state index in [0.29, 0.717) is 162 Å². The number of nitrogens with zero attached hydrogens (tertiary/aromatic N) is 21. The summed E-state index contributed by atoms with van der Waals surface area (Å²) in [6.07, 6.45) is 17.5. The van der Waals surface area contributed by atoms with Crippen molar-refractivity contribution in [3.05, 3.63) is 217 Å². The van der Waals surface area contributed by atoms with Gasteiger partial charge in [0.1, 0.15) is 83.6 Å². The van der Waals surface area contributed by atoms with E-state index < -0.39 is 0 Å². The number of morpholine rings is 1. The fraction of sp³-hybridized carbons (Fsp3) is 0.388. The molecule has 0 radical (unpaired) electrons. The van der Waals surface area contributed by atoms with Crippen molar-refractivity contribution in [1.29, 1.82) is 0 Å². The van der Waals surface area contributed by atoms with Gasteiger partial charge in [0.05, 0.1) is 150 Å². The highest BCUT2D eigenvalue weighted by Gasteiger charge is 2.44. The first kappa shape index (κ1) is 104. The number of halogens is 5. The minimum absolute atomic E-state index is 0.0121. The molecule has 10 N–H and O–H groups in total. The number of pyridine rings is 5. The third kappa shape index (κ3) is 22.3. The molecule has 16 heterocycles. The molecule has 734 valence electrons. The minimum atomic E-state index is -0.389. The first-order valence-electron chi connectivity index (χ1n) is 44.8. The molecule has 1 saturated heterocycles. The smallest absolute Gasteiger partial charge is 0.223 e. The number of methoxy groups -OCH3 is 5. The number of ketones is 5. The summed E-state index contributed by atoms with van der Waals surface area (Å²) in [6, 6.07) is 9.57. The van der Waals surface area contributed by atoms with Crippen LogP contribution in [0, 0.1) is 105 Å². The molecule has 42 heteroatoms. The Hall–Kier alpha value is -13.6. The van der Waals surface area contributed by atoms with Crippen molar-refractivity contribution >= 4 is 146 Å². The number of anilines is 10. The van der Waals surface area contributed by atoms with Gasteiger partial charge in [-0.05, 0) is 87.6 Å². The van der Waals surface area contributed by atoms with Crippen LogP contribution in [0.15, 0.2) is 74.0 Å². The number of ether oxygens (including phenoxy) is 6. The topological polar surface area (TPSA) is 484 Å². The second kappa shape index (κ2) is 45.1.